The summed E-state index contributed by atoms with van der Waals surface area (Å²) in [6.45, 7) is 5.53. The van der Waals surface area contributed by atoms with Crippen molar-refractivity contribution in [3.8, 4) is 5.75 Å². The maximum absolute atomic E-state index is 12.7. The summed E-state index contributed by atoms with van der Waals surface area (Å²) in [5.74, 6) is 0.838. The molecular weight excluding hydrogens is 434 g/mol. The highest BCUT2D eigenvalue weighted by Gasteiger charge is 2.21. The van der Waals surface area contributed by atoms with Gasteiger partial charge in [0.05, 0.1) is 18.8 Å². The van der Waals surface area contributed by atoms with Gasteiger partial charge in [0.1, 0.15) is 5.75 Å². The zero-order chi connectivity index (χ0) is 24.5. The molecule has 4 N–H and O–H groups in total. The Morgan fingerprint density at radius 3 is 2.71 bits per heavy atom. The van der Waals surface area contributed by atoms with Crippen molar-refractivity contribution in [2.45, 2.75) is 26.9 Å². The molecule has 34 heavy (non-hydrogen) atoms. The number of aliphatic hydroxyl groups excluding tert-OH is 1. The van der Waals surface area contributed by atoms with Crippen molar-refractivity contribution in [1.82, 2.24) is 15.1 Å². The second kappa shape index (κ2) is 12.0. The number of ether oxygens (including phenoxy) is 1. The first-order valence-electron chi connectivity index (χ1n) is 11.4. The first-order valence-corrected chi connectivity index (χ1v) is 11.4. The first-order chi connectivity index (χ1) is 16.4. The fraction of sp³-hybridized carbons (Fsp3) is 0.400. The van der Waals surface area contributed by atoms with Gasteiger partial charge in [-0.2, -0.15) is 0 Å². The van der Waals surface area contributed by atoms with Crippen LogP contribution in [-0.2, 0) is 22.7 Å². The van der Waals surface area contributed by atoms with Crippen LogP contribution in [0.5, 0.6) is 5.75 Å². The van der Waals surface area contributed by atoms with Crippen LogP contribution in [0, 0.1) is 5.92 Å². The number of amides is 2. The van der Waals surface area contributed by atoms with E-state index in [4.69, 9.17) is 10.5 Å². The van der Waals surface area contributed by atoms with Crippen molar-refractivity contribution in [3.05, 3.63) is 59.7 Å². The van der Waals surface area contributed by atoms with Gasteiger partial charge >= 0.3 is 0 Å². The van der Waals surface area contributed by atoms with E-state index < -0.39 is 0 Å². The summed E-state index contributed by atoms with van der Waals surface area (Å²) >= 11 is 0. The summed E-state index contributed by atoms with van der Waals surface area (Å²) in [5.41, 5.74) is 8.59. The van der Waals surface area contributed by atoms with Crippen LogP contribution < -0.4 is 15.8 Å². The van der Waals surface area contributed by atoms with E-state index in [0.29, 0.717) is 37.0 Å². The van der Waals surface area contributed by atoms with Crippen LogP contribution in [0.4, 0.5) is 5.69 Å². The zero-order valence-electron chi connectivity index (χ0n) is 19.7. The number of guanidine groups is 1. The molecule has 0 spiro atoms. The number of fused-ring (bicyclic) bond motifs is 1. The summed E-state index contributed by atoms with van der Waals surface area (Å²) in [7, 11) is 0. The number of hydrogen-bond donors (Lipinski definition) is 3. The molecule has 9 nitrogen and oxygen atoms in total. The second-order valence-corrected chi connectivity index (χ2v) is 8.63. The van der Waals surface area contributed by atoms with Crippen molar-refractivity contribution < 1.29 is 19.4 Å². The number of aliphatic hydroxyl groups is 1. The van der Waals surface area contributed by atoms with Crippen molar-refractivity contribution in [1.29, 1.82) is 0 Å². The summed E-state index contributed by atoms with van der Waals surface area (Å²) in [5, 5.41) is 12.2. The Hall–Kier alpha value is -3.59. The average molecular weight is 468 g/mol. The molecule has 1 heterocycles. The average Bonchev–Trinajstić information content (AvgIpc) is 2.82. The number of nitrogens with zero attached hydrogens (tertiary/aromatic N) is 3. The predicted molar refractivity (Wildman–Crippen MR) is 130 cm³/mol. The van der Waals surface area contributed by atoms with Gasteiger partial charge in [0.25, 0.3) is 5.91 Å². The Balaban J connectivity index is 1.60. The molecule has 9 heteroatoms. The van der Waals surface area contributed by atoms with Crippen molar-refractivity contribution >= 4 is 23.5 Å². The molecule has 182 valence electrons. The molecule has 1 aliphatic rings. The van der Waals surface area contributed by atoms with Gasteiger partial charge in [-0.3, -0.25) is 9.59 Å². The van der Waals surface area contributed by atoms with E-state index in [1.54, 1.807) is 21.9 Å². The highest BCUT2D eigenvalue weighted by molar-refractivity contribution is 5.88. The lowest BCUT2D eigenvalue weighted by Crippen LogP contribution is -2.45. The topological polar surface area (TPSA) is 120 Å². The maximum atomic E-state index is 12.7. The van der Waals surface area contributed by atoms with Gasteiger partial charge in [-0.1, -0.05) is 44.2 Å². The standard InChI is InChI=1S/C25H33N5O4/c1-18(2)13-27-23(32)16-30-15-20-12-21(8-9-22(20)28-25(30)26)34-17-24(33)29(10-11-31)14-19-6-4-3-5-7-19/h3-9,12,18,31H,10-11,13-17H2,1-2H3,(H2,26,28)(H,27,32). The van der Waals surface area contributed by atoms with Gasteiger partial charge in [-0.05, 0) is 29.7 Å². The molecule has 2 aromatic rings. The van der Waals surface area contributed by atoms with Crippen LogP contribution >= 0.6 is 0 Å². The second-order valence-electron chi connectivity index (χ2n) is 8.63. The Morgan fingerprint density at radius 2 is 2.00 bits per heavy atom. The van der Waals surface area contributed by atoms with Gasteiger partial charge in [-0.25, -0.2) is 4.99 Å². The van der Waals surface area contributed by atoms with Gasteiger partial charge in [-0.15, -0.1) is 0 Å². The van der Waals surface area contributed by atoms with E-state index in [2.05, 4.69) is 10.3 Å². The minimum Gasteiger partial charge on any atom is -0.484 e. The van der Waals surface area contributed by atoms with Crippen LogP contribution in [0.1, 0.15) is 25.0 Å². The molecule has 1 aliphatic heterocycles. The smallest absolute Gasteiger partial charge is 0.260 e. The number of nitrogens with two attached hydrogens (primary N) is 1. The van der Waals surface area contributed by atoms with Crippen LogP contribution in [0.15, 0.2) is 53.5 Å². The van der Waals surface area contributed by atoms with E-state index in [1.165, 1.54) is 0 Å². The lowest BCUT2D eigenvalue weighted by Gasteiger charge is -2.28. The predicted octanol–water partition coefficient (Wildman–Crippen LogP) is 1.62. The largest absolute Gasteiger partial charge is 0.484 e. The van der Waals surface area contributed by atoms with Gasteiger partial charge in [0.15, 0.2) is 12.6 Å². The number of carbonyl (C=O) groups excluding carboxylic acids is 2. The Morgan fingerprint density at radius 1 is 1.24 bits per heavy atom. The highest BCUT2D eigenvalue weighted by Crippen LogP contribution is 2.29. The molecule has 0 aliphatic carbocycles. The molecule has 2 amide bonds. The number of rotatable bonds is 11. The molecule has 0 saturated carbocycles. The fourth-order valence-corrected chi connectivity index (χ4v) is 3.51. The normalized spacial score (nSPS) is 12.7. The summed E-state index contributed by atoms with van der Waals surface area (Å²) < 4.78 is 5.76. The third-order valence-corrected chi connectivity index (χ3v) is 5.31. The number of nitrogens with one attached hydrogen (secondary N) is 1. The lowest BCUT2D eigenvalue weighted by atomic mass is 10.1. The van der Waals surface area contributed by atoms with Crippen molar-refractivity contribution in [3.63, 3.8) is 0 Å². The lowest BCUT2D eigenvalue weighted by molar-refractivity contribution is -0.134. The number of carbonyl (C=O) groups is 2. The fourth-order valence-electron chi connectivity index (χ4n) is 3.51. The monoisotopic (exact) mass is 467 g/mol. The number of hydrogen-bond acceptors (Lipinski definition) is 7. The molecule has 0 atom stereocenters. The van der Waals surface area contributed by atoms with Gasteiger partial charge in [0.2, 0.25) is 5.91 Å². The summed E-state index contributed by atoms with van der Waals surface area (Å²) in [6.07, 6.45) is 0. The van der Waals surface area contributed by atoms with E-state index in [9.17, 15) is 14.7 Å². The Bertz CT molecular complexity index is 1010. The first kappa shape index (κ1) is 25.0. The molecule has 0 saturated heterocycles. The van der Waals surface area contributed by atoms with E-state index in [-0.39, 0.29) is 44.1 Å². The van der Waals surface area contributed by atoms with E-state index in [1.807, 2.05) is 50.2 Å². The highest BCUT2D eigenvalue weighted by atomic mass is 16.5. The minimum atomic E-state index is -0.221. The molecule has 2 aromatic carbocycles. The van der Waals surface area contributed by atoms with Crippen molar-refractivity contribution in [2.24, 2.45) is 16.6 Å². The SMILES string of the molecule is CC(C)CNC(=O)CN1Cc2cc(OCC(=O)N(CCO)Cc3ccccc3)ccc2N=C1N. The molecule has 0 bridgehead atoms. The number of benzene rings is 2. The van der Waals surface area contributed by atoms with Crippen LogP contribution in [-0.4, -0.2) is 65.5 Å². The van der Waals surface area contributed by atoms with E-state index in [0.717, 1.165) is 11.1 Å². The number of aliphatic imine (C=N–C) groups is 1. The minimum absolute atomic E-state index is 0.112. The Labute approximate surface area is 200 Å². The van der Waals surface area contributed by atoms with E-state index >= 15 is 0 Å². The maximum Gasteiger partial charge on any atom is 0.260 e. The Kier molecular flexibility index (Phi) is 8.86. The third kappa shape index (κ3) is 7.21. The summed E-state index contributed by atoms with van der Waals surface area (Å²) in [6, 6.07) is 14.9. The summed E-state index contributed by atoms with van der Waals surface area (Å²) in [4.78, 5) is 32.6. The zero-order valence-corrected chi connectivity index (χ0v) is 19.7. The van der Waals surface area contributed by atoms with Crippen LogP contribution in [0.3, 0.4) is 0 Å². The third-order valence-electron chi connectivity index (χ3n) is 5.31. The molecule has 0 fully saturated rings. The quantitative estimate of drug-likeness (QED) is 0.462. The van der Waals surface area contributed by atoms with Gasteiger partial charge < -0.3 is 30.7 Å². The van der Waals surface area contributed by atoms with Crippen LogP contribution in [0.25, 0.3) is 0 Å². The van der Waals surface area contributed by atoms with Crippen LogP contribution in [0.2, 0.25) is 0 Å². The molecule has 0 radical (unpaired) electrons. The van der Waals surface area contributed by atoms with Gasteiger partial charge in [0, 0.05) is 31.7 Å². The van der Waals surface area contributed by atoms with Crippen molar-refractivity contribution in [2.75, 3.05) is 32.8 Å². The molecule has 0 aromatic heterocycles. The molecule has 3 rings (SSSR count). The molecular formula is C25H33N5O4. The molecule has 0 unspecified atom stereocenters.